The maximum absolute atomic E-state index is 16.0. The van der Waals surface area contributed by atoms with Gasteiger partial charge >= 0.3 is 12.2 Å². The van der Waals surface area contributed by atoms with Crippen LogP contribution in [0.2, 0.25) is 10.0 Å². The molecule has 1 aliphatic rings. The van der Waals surface area contributed by atoms with E-state index in [0.717, 1.165) is 12.1 Å². The number of ketones is 1. The molecule has 3 aromatic rings. The zero-order chi connectivity index (χ0) is 37.5. The minimum atomic E-state index is -1.52. The van der Waals surface area contributed by atoms with Crippen molar-refractivity contribution in [1.82, 2.24) is 0 Å². The van der Waals surface area contributed by atoms with Crippen LogP contribution in [0.5, 0.6) is 0 Å². The van der Waals surface area contributed by atoms with Gasteiger partial charge in [0.15, 0.2) is 17.4 Å². The molecule has 3 aromatic carbocycles. The first-order chi connectivity index (χ1) is 23.0. The molecule has 264 valence electrons. The number of amides is 3. The van der Waals surface area contributed by atoms with Crippen LogP contribution in [0.25, 0.3) is 0 Å². The summed E-state index contributed by atoms with van der Waals surface area (Å²) in [7, 11) is 0. The molecule has 0 heterocycles. The van der Waals surface area contributed by atoms with Gasteiger partial charge in [0.25, 0.3) is 0 Å². The van der Waals surface area contributed by atoms with Gasteiger partial charge in [-0.05, 0) is 95.1 Å². The van der Waals surface area contributed by atoms with Gasteiger partial charge < -0.3 is 14.8 Å². The molecule has 0 spiro atoms. The zero-order valence-corrected chi connectivity index (χ0v) is 30.6. The molecule has 0 aliphatic heterocycles. The molecular formula is C35H31Cl4F2N3O6. The summed E-state index contributed by atoms with van der Waals surface area (Å²) < 4.78 is 40.2. The second-order valence-electron chi connectivity index (χ2n) is 13.5. The van der Waals surface area contributed by atoms with Crippen molar-refractivity contribution >= 4 is 81.7 Å². The van der Waals surface area contributed by atoms with Crippen LogP contribution in [0.4, 0.5) is 29.7 Å². The van der Waals surface area contributed by atoms with E-state index >= 15 is 8.78 Å². The number of hydrogen-bond donors (Lipinski definition) is 1. The molecule has 0 bridgehead atoms. The van der Waals surface area contributed by atoms with Gasteiger partial charge in [-0.25, -0.2) is 18.4 Å². The summed E-state index contributed by atoms with van der Waals surface area (Å²) in [5.74, 6) is -5.68. The van der Waals surface area contributed by atoms with Crippen molar-refractivity contribution < 1.29 is 37.4 Å². The molecule has 4 rings (SSSR count). The fourth-order valence-electron chi connectivity index (χ4n) is 5.03. The number of imide groups is 1. The highest BCUT2D eigenvalue weighted by atomic mass is 35.5. The largest absolute Gasteiger partial charge is 0.443 e. The molecule has 1 N–H and O–H groups in total. The summed E-state index contributed by atoms with van der Waals surface area (Å²) in [5, 5.41) is 12.2. The van der Waals surface area contributed by atoms with E-state index in [9.17, 15) is 24.4 Å². The van der Waals surface area contributed by atoms with Gasteiger partial charge in [0, 0.05) is 28.6 Å². The van der Waals surface area contributed by atoms with E-state index in [1.54, 1.807) is 6.07 Å². The predicted molar refractivity (Wildman–Crippen MR) is 186 cm³/mol. The van der Waals surface area contributed by atoms with Gasteiger partial charge in [0.05, 0.1) is 22.6 Å². The van der Waals surface area contributed by atoms with Crippen molar-refractivity contribution in [3.63, 3.8) is 0 Å². The van der Waals surface area contributed by atoms with Crippen LogP contribution < -0.4 is 10.2 Å². The lowest BCUT2D eigenvalue weighted by atomic mass is 10.0. The summed E-state index contributed by atoms with van der Waals surface area (Å²) in [6.07, 6.45) is -3.51. The fourth-order valence-corrected chi connectivity index (χ4v) is 6.32. The Balaban J connectivity index is 1.60. The Hall–Kier alpha value is -3.95. The number of nitrogens with zero attached hydrogens (tertiary/aromatic N) is 2. The first-order valence-corrected chi connectivity index (χ1v) is 16.5. The number of alkyl halides is 2. The lowest BCUT2D eigenvalue weighted by Crippen LogP contribution is -2.44. The number of ether oxygens (including phenoxy) is 2. The van der Waals surface area contributed by atoms with Crippen molar-refractivity contribution in [2.24, 2.45) is 5.92 Å². The normalized spacial score (nSPS) is 16.5. The molecule has 2 atom stereocenters. The summed E-state index contributed by atoms with van der Waals surface area (Å²) in [4.78, 5) is 53.0. The van der Waals surface area contributed by atoms with Crippen molar-refractivity contribution in [2.45, 2.75) is 69.4 Å². The Morgan fingerprint density at radius 2 is 1.52 bits per heavy atom. The highest BCUT2D eigenvalue weighted by Crippen LogP contribution is 2.65. The van der Waals surface area contributed by atoms with Gasteiger partial charge in [0.2, 0.25) is 5.91 Å². The van der Waals surface area contributed by atoms with E-state index in [0.29, 0.717) is 5.56 Å². The smallest absolute Gasteiger partial charge is 0.424 e. The van der Waals surface area contributed by atoms with Gasteiger partial charge in [0.1, 0.15) is 21.2 Å². The summed E-state index contributed by atoms with van der Waals surface area (Å²) in [6, 6.07) is 12.3. The highest BCUT2D eigenvalue weighted by Gasteiger charge is 2.67. The van der Waals surface area contributed by atoms with E-state index in [-0.39, 0.29) is 37.3 Å². The second kappa shape index (κ2) is 14.3. The van der Waals surface area contributed by atoms with Crippen molar-refractivity contribution in [1.29, 1.82) is 5.26 Å². The summed E-state index contributed by atoms with van der Waals surface area (Å²) in [6.45, 7) is 8.97. The monoisotopic (exact) mass is 767 g/mol. The van der Waals surface area contributed by atoms with Crippen LogP contribution in [0.1, 0.15) is 74.5 Å². The second-order valence-corrected chi connectivity index (χ2v) is 15.8. The lowest BCUT2D eigenvalue weighted by Gasteiger charge is -2.29. The topological polar surface area (TPSA) is 126 Å². The maximum atomic E-state index is 16.0. The summed E-state index contributed by atoms with van der Waals surface area (Å²) >= 11 is 25.3. The van der Waals surface area contributed by atoms with Crippen molar-refractivity contribution in [2.75, 3.05) is 10.2 Å². The summed E-state index contributed by atoms with van der Waals surface area (Å²) in [5.41, 5.74) is -3.04. The number of halogens is 6. The Morgan fingerprint density at radius 1 is 0.920 bits per heavy atom. The van der Waals surface area contributed by atoms with E-state index in [1.165, 1.54) is 71.9 Å². The van der Waals surface area contributed by atoms with Crippen LogP contribution in [0.3, 0.4) is 0 Å². The number of carbonyl (C=O) groups excluding carboxylic acids is 4. The molecule has 15 heteroatoms. The minimum absolute atomic E-state index is 0.0452. The predicted octanol–water partition coefficient (Wildman–Crippen LogP) is 9.77. The van der Waals surface area contributed by atoms with Crippen molar-refractivity contribution in [3.05, 3.63) is 92.5 Å². The zero-order valence-electron chi connectivity index (χ0n) is 27.6. The molecule has 1 aliphatic carbocycles. The quantitative estimate of drug-likeness (QED) is 0.187. The number of hydrogen-bond acceptors (Lipinski definition) is 7. The van der Waals surface area contributed by atoms with E-state index < -0.39 is 75.0 Å². The van der Waals surface area contributed by atoms with Gasteiger partial charge in [-0.15, -0.1) is 23.2 Å². The average molecular weight is 769 g/mol. The highest BCUT2D eigenvalue weighted by molar-refractivity contribution is 6.53. The maximum Gasteiger partial charge on any atom is 0.424 e. The molecule has 0 saturated heterocycles. The van der Waals surface area contributed by atoms with Crippen LogP contribution in [-0.4, -0.2) is 39.4 Å². The first kappa shape index (κ1) is 38.8. The third kappa shape index (κ3) is 8.85. The first-order valence-electron chi connectivity index (χ1n) is 15.0. The van der Waals surface area contributed by atoms with Crippen LogP contribution >= 0.6 is 46.4 Å². The number of anilines is 2. The number of rotatable bonds is 7. The molecule has 50 heavy (non-hydrogen) atoms. The molecule has 0 radical (unpaired) electrons. The van der Waals surface area contributed by atoms with Crippen LogP contribution in [-0.2, 0) is 20.7 Å². The third-order valence-electron chi connectivity index (χ3n) is 7.15. The minimum Gasteiger partial charge on any atom is -0.443 e. The van der Waals surface area contributed by atoms with Gasteiger partial charge in [-0.2, -0.15) is 10.2 Å². The van der Waals surface area contributed by atoms with E-state index in [4.69, 9.17) is 55.9 Å². The molecule has 0 aromatic heterocycles. The molecule has 1 fully saturated rings. The Morgan fingerprint density at radius 3 is 2.08 bits per heavy atom. The lowest BCUT2D eigenvalue weighted by molar-refractivity contribution is -0.117. The number of nitriles is 1. The van der Waals surface area contributed by atoms with Crippen LogP contribution in [0.15, 0.2) is 48.5 Å². The van der Waals surface area contributed by atoms with E-state index in [2.05, 4.69) is 5.32 Å². The fraction of sp³-hybridized carbons (Fsp3) is 0.343. The third-order valence-corrected chi connectivity index (χ3v) is 8.64. The molecule has 2 unspecified atom stereocenters. The molecule has 3 amide bonds. The number of benzene rings is 3. The standard InChI is InChI=1S/C35H31Cl4F2N3O6/c1-33(2,3)49-31(47)44(32(48)50-34(4,5)6)29-24(40)10-7-18(28(29)41)14-25(45)22-15-21(8-9-23(22)37)43-30(46)27-26(35(27,38)39)19-11-17(16-42)12-20(36)13-19/h7-13,15,26-27H,14H2,1-6H3,(H,43,46). The van der Waals surface area contributed by atoms with Crippen LogP contribution in [0, 0.1) is 28.9 Å². The molecule has 1 saturated carbocycles. The Labute approximate surface area is 307 Å². The van der Waals surface area contributed by atoms with Crippen molar-refractivity contribution in [3.8, 4) is 6.07 Å². The SMILES string of the molecule is CC(C)(C)OC(=O)N(C(=O)OC(C)(C)C)c1c(F)ccc(CC(=O)c2cc(NC(=O)C3C(c4cc(Cl)cc(C#N)c4)C3(Cl)Cl)ccc2Cl)c1F. The van der Waals surface area contributed by atoms with Gasteiger partial charge in [-0.1, -0.05) is 29.3 Å². The van der Waals surface area contributed by atoms with E-state index in [1.807, 2.05) is 6.07 Å². The number of Topliss-reactive ketones (excluding diaryl/α,β-unsaturated/α-hetero) is 1. The molecular weight excluding hydrogens is 738 g/mol. The Bertz CT molecular complexity index is 1910. The average Bonchev–Trinajstić information content (AvgIpc) is 3.57. The van der Waals surface area contributed by atoms with Gasteiger partial charge in [-0.3, -0.25) is 9.59 Å². The Kier molecular flexibility index (Phi) is 11.1. The number of carbonyl (C=O) groups is 4. The number of nitrogens with one attached hydrogen (secondary N) is 1. The molecule has 9 nitrogen and oxygen atoms in total.